The van der Waals surface area contributed by atoms with Gasteiger partial charge >= 0.3 is 0 Å². The van der Waals surface area contributed by atoms with Crippen LogP contribution in [0.25, 0.3) is 0 Å². The molecule has 0 aliphatic carbocycles. The smallest absolute Gasteiger partial charge is 0.254 e. The van der Waals surface area contributed by atoms with Crippen molar-refractivity contribution in [1.82, 2.24) is 4.90 Å². The van der Waals surface area contributed by atoms with Crippen molar-refractivity contribution in [1.29, 1.82) is 0 Å². The van der Waals surface area contributed by atoms with Crippen molar-refractivity contribution in [3.05, 3.63) is 34.9 Å². The number of hydrogen-bond acceptors (Lipinski definition) is 2. The van der Waals surface area contributed by atoms with Crippen LogP contribution in [0.2, 0.25) is 0 Å². The second-order valence-electron chi connectivity index (χ2n) is 5.25. The van der Waals surface area contributed by atoms with Crippen LogP contribution >= 0.6 is 0 Å². The Morgan fingerprint density at radius 1 is 1.28 bits per heavy atom. The van der Waals surface area contributed by atoms with E-state index in [1.165, 1.54) is 5.56 Å². The summed E-state index contributed by atoms with van der Waals surface area (Å²) >= 11 is 0. The van der Waals surface area contributed by atoms with Gasteiger partial charge < -0.3 is 9.64 Å². The molecule has 0 saturated carbocycles. The van der Waals surface area contributed by atoms with E-state index in [4.69, 9.17) is 4.74 Å². The molecule has 18 heavy (non-hydrogen) atoms. The SMILES string of the molecule is Cc1ccc(C(=O)N2CC(C)OCC2C)cc1C. The Morgan fingerprint density at radius 3 is 2.67 bits per heavy atom. The quantitative estimate of drug-likeness (QED) is 0.763. The van der Waals surface area contributed by atoms with Crippen molar-refractivity contribution < 1.29 is 9.53 Å². The predicted molar refractivity (Wildman–Crippen MR) is 71.8 cm³/mol. The molecule has 98 valence electrons. The standard InChI is InChI=1S/C15H21NO2/c1-10-5-6-14(7-11(10)2)15(17)16-8-13(4)18-9-12(16)3/h5-7,12-13H,8-9H2,1-4H3. The van der Waals surface area contributed by atoms with Gasteiger partial charge in [0.25, 0.3) is 5.91 Å². The van der Waals surface area contributed by atoms with Gasteiger partial charge in [0.05, 0.1) is 18.8 Å². The lowest BCUT2D eigenvalue weighted by Gasteiger charge is -2.36. The molecule has 1 aromatic carbocycles. The summed E-state index contributed by atoms with van der Waals surface area (Å²) in [4.78, 5) is 14.4. The average molecular weight is 247 g/mol. The molecule has 2 atom stereocenters. The van der Waals surface area contributed by atoms with Crippen LogP contribution in [0.3, 0.4) is 0 Å². The summed E-state index contributed by atoms with van der Waals surface area (Å²) in [5, 5.41) is 0. The second-order valence-corrected chi connectivity index (χ2v) is 5.25. The number of rotatable bonds is 1. The summed E-state index contributed by atoms with van der Waals surface area (Å²) in [6.45, 7) is 9.43. The fourth-order valence-corrected chi connectivity index (χ4v) is 2.23. The highest BCUT2D eigenvalue weighted by molar-refractivity contribution is 5.94. The van der Waals surface area contributed by atoms with E-state index in [1.807, 2.05) is 43.9 Å². The molecular formula is C15H21NO2. The van der Waals surface area contributed by atoms with E-state index in [-0.39, 0.29) is 18.1 Å². The third-order valence-electron chi connectivity index (χ3n) is 3.62. The van der Waals surface area contributed by atoms with Crippen LogP contribution in [0, 0.1) is 13.8 Å². The van der Waals surface area contributed by atoms with Gasteiger partial charge in [0.2, 0.25) is 0 Å². The van der Waals surface area contributed by atoms with E-state index in [0.717, 1.165) is 11.1 Å². The summed E-state index contributed by atoms with van der Waals surface area (Å²) in [5.74, 6) is 0.112. The molecule has 2 rings (SSSR count). The first-order valence-corrected chi connectivity index (χ1v) is 6.49. The molecule has 3 nitrogen and oxygen atoms in total. The largest absolute Gasteiger partial charge is 0.375 e. The number of carbonyl (C=O) groups is 1. The zero-order valence-electron chi connectivity index (χ0n) is 11.6. The van der Waals surface area contributed by atoms with Crippen LogP contribution < -0.4 is 0 Å². The maximum atomic E-state index is 12.5. The Morgan fingerprint density at radius 2 is 2.00 bits per heavy atom. The molecule has 0 radical (unpaired) electrons. The predicted octanol–water partition coefficient (Wildman–Crippen LogP) is 2.55. The fourth-order valence-electron chi connectivity index (χ4n) is 2.23. The van der Waals surface area contributed by atoms with Gasteiger partial charge in [-0.2, -0.15) is 0 Å². The molecule has 1 fully saturated rings. The van der Waals surface area contributed by atoms with Crippen molar-refractivity contribution in [2.45, 2.75) is 39.8 Å². The maximum Gasteiger partial charge on any atom is 0.254 e. The molecule has 1 aromatic rings. The Balaban J connectivity index is 2.21. The summed E-state index contributed by atoms with van der Waals surface area (Å²) in [7, 11) is 0. The minimum Gasteiger partial charge on any atom is -0.375 e. The number of carbonyl (C=O) groups excluding carboxylic acids is 1. The van der Waals surface area contributed by atoms with Gasteiger partial charge in [-0.1, -0.05) is 6.07 Å². The van der Waals surface area contributed by atoms with E-state index in [1.54, 1.807) is 0 Å². The van der Waals surface area contributed by atoms with Gasteiger partial charge in [0.15, 0.2) is 0 Å². The first-order chi connectivity index (χ1) is 8.49. The van der Waals surface area contributed by atoms with Crippen LogP contribution in [0.5, 0.6) is 0 Å². The minimum absolute atomic E-state index is 0.112. The molecule has 0 N–H and O–H groups in total. The van der Waals surface area contributed by atoms with Crippen molar-refractivity contribution in [3.63, 3.8) is 0 Å². The second kappa shape index (κ2) is 5.11. The summed E-state index contributed by atoms with van der Waals surface area (Å²) < 4.78 is 5.56. The third kappa shape index (κ3) is 2.56. The van der Waals surface area contributed by atoms with Crippen LogP contribution in [0.15, 0.2) is 18.2 Å². The minimum atomic E-state index is 0.112. The normalized spacial score (nSPS) is 24.1. The summed E-state index contributed by atoms with van der Waals surface area (Å²) in [6.07, 6.45) is 0.122. The van der Waals surface area contributed by atoms with Gasteiger partial charge in [-0.3, -0.25) is 4.79 Å². The van der Waals surface area contributed by atoms with E-state index in [9.17, 15) is 4.79 Å². The molecule has 2 unspecified atom stereocenters. The molecule has 1 amide bonds. The highest BCUT2D eigenvalue weighted by Gasteiger charge is 2.28. The maximum absolute atomic E-state index is 12.5. The molecule has 0 aromatic heterocycles. The molecule has 1 saturated heterocycles. The zero-order chi connectivity index (χ0) is 13.3. The Labute approximate surface area is 109 Å². The average Bonchev–Trinajstić information content (AvgIpc) is 2.35. The van der Waals surface area contributed by atoms with E-state index < -0.39 is 0 Å². The van der Waals surface area contributed by atoms with Crippen molar-refractivity contribution in [3.8, 4) is 0 Å². The third-order valence-corrected chi connectivity index (χ3v) is 3.62. The molecule has 3 heteroatoms. The van der Waals surface area contributed by atoms with Gasteiger partial charge in [-0.15, -0.1) is 0 Å². The molecule has 1 aliphatic rings. The number of benzene rings is 1. The number of ether oxygens (including phenoxy) is 1. The van der Waals surface area contributed by atoms with E-state index >= 15 is 0 Å². The highest BCUT2D eigenvalue weighted by atomic mass is 16.5. The van der Waals surface area contributed by atoms with Crippen molar-refractivity contribution >= 4 is 5.91 Å². The molecule has 0 bridgehead atoms. The topological polar surface area (TPSA) is 29.5 Å². The fraction of sp³-hybridized carbons (Fsp3) is 0.533. The summed E-state index contributed by atoms with van der Waals surface area (Å²) in [6, 6.07) is 6.05. The van der Waals surface area contributed by atoms with Gasteiger partial charge in [-0.25, -0.2) is 0 Å². The van der Waals surface area contributed by atoms with Crippen LogP contribution in [0.1, 0.15) is 35.3 Å². The summed E-state index contributed by atoms with van der Waals surface area (Å²) in [5.41, 5.74) is 3.16. The Hall–Kier alpha value is -1.35. The molecule has 1 aliphatic heterocycles. The van der Waals surface area contributed by atoms with E-state index in [0.29, 0.717) is 13.2 Å². The number of aryl methyl sites for hydroxylation is 2. The lowest BCUT2D eigenvalue weighted by Crippen LogP contribution is -2.50. The van der Waals surface area contributed by atoms with Crippen LogP contribution in [-0.2, 0) is 4.74 Å². The Kier molecular flexibility index (Phi) is 3.71. The molecule has 0 spiro atoms. The van der Waals surface area contributed by atoms with Crippen molar-refractivity contribution in [2.24, 2.45) is 0 Å². The molecule has 1 heterocycles. The lowest BCUT2D eigenvalue weighted by atomic mass is 10.0. The van der Waals surface area contributed by atoms with Crippen molar-refractivity contribution in [2.75, 3.05) is 13.2 Å². The van der Waals surface area contributed by atoms with Gasteiger partial charge in [0.1, 0.15) is 0 Å². The number of morpholine rings is 1. The number of amides is 1. The number of hydrogen-bond donors (Lipinski definition) is 0. The monoisotopic (exact) mass is 247 g/mol. The highest BCUT2D eigenvalue weighted by Crippen LogP contribution is 2.17. The van der Waals surface area contributed by atoms with Crippen LogP contribution in [-0.4, -0.2) is 36.1 Å². The Bertz CT molecular complexity index is 456. The first-order valence-electron chi connectivity index (χ1n) is 6.49. The van der Waals surface area contributed by atoms with E-state index in [2.05, 4.69) is 6.92 Å². The van der Waals surface area contributed by atoms with Gasteiger partial charge in [-0.05, 0) is 51.0 Å². The number of nitrogens with zero attached hydrogens (tertiary/aromatic N) is 1. The van der Waals surface area contributed by atoms with Gasteiger partial charge in [0, 0.05) is 12.1 Å². The molecular weight excluding hydrogens is 226 g/mol. The zero-order valence-corrected chi connectivity index (χ0v) is 11.6. The van der Waals surface area contributed by atoms with Crippen LogP contribution in [0.4, 0.5) is 0 Å². The first kappa shape index (κ1) is 13.1. The lowest BCUT2D eigenvalue weighted by molar-refractivity contribution is -0.0387.